The fourth-order valence-corrected chi connectivity index (χ4v) is 1.47. The van der Waals surface area contributed by atoms with Crippen LogP contribution in [-0.4, -0.2) is 10.2 Å². The molecule has 0 bridgehead atoms. The van der Waals surface area contributed by atoms with Crippen LogP contribution in [0.15, 0.2) is 34.8 Å². The summed E-state index contributed by atoms with van der Waals surface area (Å²) in [5.41, 5.74) is 0. The molecule has 6 heteroatoms. The molecule has 2 aromatic rings. The van der Waals surface area contributed by atoms with Crippen LogP contribution in [0.3, 0.4) is 0 Å². The highest BCUT2D eigenvalue weighted by Crippen LogP contribution is 2.26. The number of benzene rings is 1. The van der Waals surface area contributed by atoms with E-state index < -0.39 is 5.82 Å². The Labute approximate surface area is 104 Å². The minimum Gasteiger partial charge on any atom is -0.434 e. The highest BCUT2D eigenvalue weighted by Gasteiger charge is 2.06. The molecule has 0 atom stereocenters. The number of aromatic nitrogens is 2. The minimum atomic E-state index is -0.472. The van der Waals surface area contributed by atoms with Crippen LogP contribution in [0.25, 0.3) is 0 Å². The minimum absolute atomic E-state index is 0.0750. The van der Waals surface area contributed by atoms with Gasteiger partial charge in [0.1, 0.15) is 0 Å². The lowest BCUT2D eigenvalue weighted by Crippen LogP contribution is -1.92. The molecule has 0 saturated carbocycles. The van der Waals surface area contributed by atoms with Crippen LogP contribution in [0.4, 0.5) is 4.39 Å². The van der Waals surface area contributed by atoms with E-state index in [-0.39, 0.29) is 16.8 Å². The van der Waals surface area contributed by atoms with Gasteiger partial charge in [-0.15, -0.1) is 10.2 Å². The van der Waals surface area contributed by atoms with Gasteiger partial charge in [-0.1, -0.05) is 27.5 Å². The number of hydrogen-bond donors (Lipinski definition) is 0. The maximum absolute atomic E-state index is 13.3. The summed E-state index contributed by atoms with van der Waals surface area (Å²) in [5, 5.41) is 7.49. The van der Waals surface area contributed by atoms with E-state index in [0.717, 1.165) is 0 Å². The molecule has 1 aromatic heterocycles. The lowest BCUT2D eigenvalue weighted by molar-refractivity contribution is 0.421. The normalized spacial score (nSPS) is 10.2. The first kappa shape index (κ1) is 11.3. The van der Waals surface area contributed by atoms with E-state index in [1.54, 1.807) is 6.07 Å². The van der Waals surface area contributed by atoms with Crippen molar-refractivity contribution in [2.24, 2.45) is 0 Å². The molecule has 1 heterocycles. The second kappa shape index (κ2) is 4.76. The van der Waals surface area contributed by atoms with Crippen LogP contribution in [0.2, 0.25) is 5.15 Å². The molecule has 82 valence electrons. The van der Waals surface area contributed by atoms with Gasteiger partial charge in [0, 0.05) is 10.5 Å². The Morgan fingerprint density at radius 2 is 2.00 bits per heavy atom. The lowest BCUT2D eigenvalue weighted by atomic mass is 10.3. The number of halogens is 3. The third-order valence-electron chi connectivity index (χ3n) is 1.72. The lowest BCUT2D eigenvalue weighted by Gasteiger charge is -2.05. The van der Waals surface area contributed by atoms with Crippen LogP contribution >= 0.6 is 27.5 Å². The fraction of sp³-hybridized carbons (Fsp3) is 0. The van der Waals surface area contributed by atoms with Crippen molar-refractivity contribution in [1.29, 1.82) is 0 Å². The number of ether oxygens (including phenoxy) is 1. The smallest absolute Gasteiger partial charge is 0.239 e. The van der Waals surface area contributed by atoms with Gasteiger partial charge in [0.05, 0.1) is 0 Å². The van der Waals surface area contributed by atoms with Crippen molar-refractivity contribution in [2.45, 2.75) is 0 Å². The van der Waals surface area contributed by atoms with E-state index in [1.807, 2.05) is 0 Å². The quantitative estimate of drug-likeness (QED) is 0.846. The summed E-state index contributed by atoms with van der Waals surface area (Å²) in [7, 11) is 0. The fourth-order valence-electron chi connectivity index (χ4n) is 1.03. The molecule has 0 radical (unpaired) electrons. The van der Waals surface area contributed by atoms with Gasteiger partial charge in [-0.2, -0.15) is 0 Å². The van der Waals surface area contributed by atoms with Crippen molar-refractivity contribution in [3.05, 3.63) is 45.8 Å². The van der Waals surface area contributed by atoms with Gasteiger partial charge < -0.3 is 4.74 Å². The number of hydrogen-bond acceptors (Lipinski definition) is 3. The van der Waals surface area contributed by atoms with Gasteiger partial charge in [-0.05, 0) is 24.3 Å². The van der Waals surface area contributed by atoms with E-state index in [0.29, 0.717) is 4.47 Å². The highest BCUT2D eigenvalue weighted by molar-refractivity contribution is 9.10. The third-order valence-corrected chi connectivity index (χ3v) is 2.41. The monoisotopic (exact) mass is 302 g/mol. The second-order valence-electron chi connectivity index (χ2n) is 2.87. The van der Waals surface area contributed by atoms with E-state index in [2.05, 4.69) is 26.1 Å². The van der Waals surface area contributed by atoms with Gasteiger partial charge >= 0.3 is 0 Å². The predicted molar refractivity (Wildman–Crippen MR) is 61.2 cm³/mol. The molecule has 0 fully saturated rings. The van der Waals surface area contributed by atoms with Crippen molar-refractivity contribution >= 4 is 27.5 Å². The zero-order valence-electron chi connectivity index (χ0n) is 7.82. The van der Waals surface area contributed by atoms with Crippen molar-refractivity contribution < 1.29 is 9.13 Å². The van der Waals surface area contributed by atoms with Gasteiger partial charge in [-0.25, -0.2) is 4.39 Å². The molecule has 0 spiro atoms. The van der Waals surface area contributed by atoms with Crippen molar-refractivity contribution in [3.63, 3.8) is 0 Å². The van der Waals surface area contributed by atoms with Crippen LogP contribution in [0.1, 0.15) is 0 Å². The molecule has 16 heavy (non-hydrogen) atoms. The summed E-state index contributed by atoms with van der Waals surface area (Å²) in [4.78, 5) is 0. The zero-order chi connectivity index (χ0) is 11.5. The van der Waals surface area contributed by atoms with Crippen molar-refractivity contribution in [3.8, 4) is 11.6 Å². The van der Waals surface area contributed by atoms with Gasteiger partial charge in [0.15, 0.2) is 16.7 Å². The van der Waals surface area contributed by atoms with E-state index >= 15 is 0 Å². The van der Waals surface area contributed by atoms with Crippen LogP contribution in [0.5, 0.6) is 11.6 Å². The number of nitrogens with zero attached hydrogens (tertiary/aromatic N) is 2. The highest BCUT2D eigenvalue weighted by atomic mass is 79.9. The average molecular weight is 304 g/mol. The zero-order valence-corrected chi connectivity index (χ0v) is 10.2. The summed E-state index contributed by atoms with van der Waals surface area (Å²) < 4.78 is 19.2. The van der Waals surface area contributed by atoms with Crippen molar-refractivity contribution in [2.75, 3.05) is 0 Å². The van der Waals surface area contributed by atoms with Crippen LogP contribution in [-0.2, 0) is 0 Å². The molecule has 0 aliphatic carbocycles. The summed E-state index contributed by atoms with van der Waals surface area (Å²) >= 11 is 8.78. The Bertz CT molecular complexity index is 507. The molecule has 0 saturated heterocycles. The van der Waals surface area contributed by atoms with Crippen LogP contribution < -0.4 is 4.74 Å². The second-order valence-corrected chi connectivity index (χ2v) is 4.17. The molecule has 0 unspecified atom stereocenters. The Kier molecular flexibility index (Phi) is 3.36. The summed E-state index contributed by atoms with van der Waals surface area (Å²) in [5.74, 6) is -0.215. The summed E-state index contributed by atoms with van der Waals surface area (Å²) in [6.45, 7) is 0. The van der Waals surface area contributed by atoms with Crippen molar-refractivity contribution in [1.82, 2.24) is 10.2 Å². The van der Waals surface area contributed by atoms with Gasteiger partial charge in [-0.3, -0.25) is 0 Å². The van der Waals surface area contributed by atoms with E-state index in [4.69, 9.17) is 16.3 Å². The topological polar surface area (TPSA) is 35.0 Å². The first-order chi connectivity index (χ1) is 7.65. The predicted octanol–water partition coefficient (Wildman–Crippen LogP) is 3.82. The van der Waals surface area contributed by atoms with Gasteiger partial charge in [0.25, 0.3) is 0 Å². The largest absolute Gasteiger partial charge is 0.434 e. The molecule has 0 N–H and O–H groups in total. The average Bonchev–Trinajstić information content (AvgIpc) is 2.27. The summed E-state index contributed by atoms with van der Waals surface area (Å²) in [6.07, 6.45) is 0. The molecular weight excluding hydrogens is 298 g/mol. The van der Waals surface area contributed by atoms with E-state index in [1.165, 1.54) is 24.3 Å². The summed E-state index contributed by atoms with van der Waals surface area (Å²) in [6, 6.07) is 7.40. The Morgan fingerprint density at radius 1 is 1.19 bits per heavy atom. The first-order valence-corrected chi connectivity index (χ1v) is 5.44. The third kappa shape index (κ3) is 2.68. The molecule has 0 amide bonds. The SMILES string of the molecule is Fc1ccc(Br)cc1Oc1ccc(Cl)nn1. The standard InChI is InChI=1S/C10H5BrClFN2O/c11-6-1-2-7(13)8(5-6)16-10-4-3-9(12)14-15-10/h1-5H. The molecule has 2 rings (SSSR count). The number of rotatable bonds is 2. The molecule has 0 aliphatic heterocycles. The maximum atomic E-state index is 13.3. The van der Waals surface area contributed by atoms with Crippen LogP contribution in [0, 0.1) is 5.82 Å². The maximum Gasteiger partial charge on any atom is 0.239 e. The molecule has 0 aliphatic rings. The van der Waals surface area contributed by atoms with E-state index in [9.17, 15) is 4.39 Å². The van der Waals surface area contributed by atoms with Gasteiger partial charge in [0.2, 0.25) is 5.88 Å². The first-order valence-electron chi connectivity index (χ1n) is 4.27. The Hall–Kier alpha value is -1.20. The molecule has 1 aromatic carbocycles. The molecule has 3 nitrogen and oxygen atoms in total. The Morgan fingerprint density at radius 3 is 2.69 bits per heavy atom. The molecular formula is C10H5BrClFN2O. The Balaban J connectivity index is 2.26.